The number of carbonyl (C=O) groups excluding carboxylic acids is 1. The van der Waals surface area contributed by atoms with E-state index in [0.29, 0.717) is 15.6 Å². The lowest BCUT2D eigenvalue weighted by atomic mass is 10.2. The van der Waals surface area contributed by atoms with Gasteiger partial charge in [-0.15, -0.1) is 11.3 Å². The highest BCUT2D eigenvalue weighted by Crippen LogP contribution is 2.16. The van der Waals surface area contributed by atoms with Gasteiger partial charge in [0, 0.05) is 11.3 Å². The summed E-state index contributed by atoms with van der Waals surface area (Å²) in [7, 11) is 0. The Morgan fingerprint density at radius 1 is 1.50 bits per heavy atom. The van der Waals surface area contributed by atoms with Crippen molar-refractivity contribution in [3.05, 3.63) is 45.9 Å². The van der Waals surface area contributed by atoms with Crippen LogP contribution < -0.4 is 11.1 Å². The average molecular weight is 277 g/mol. The largest absolute Gasteiger partial charge is 0.389 e. The molecule has 1 aromatic carbocycles. The Kier molecular flexibility index (Phi) is 3.69. The minimum atomic E-state index is -0.171. The van der Waals surface area contributed by atoms with Crippen LogP contribution in [0, 0.1) is 6.92 Å². The van der Waals surface area contributed by atoms with Crippen molar-refractivity contribution >= 4 is 40.1 Å². The van der Waals surface area contributed by atoms with Gasteiger partial charge >= 0.3 is 0 Å². The predicted octanol–water partition coefficient (Wildman–Crippen LogP) is 2.34. The van der Waals surface area contributed by atoms with Crippen LogP contribution in [0.2, 0.25) is 0 Å². The van der Waals surface area contributed by atoms with Crippen molar-refractivity contribution in [2.75, 3.05) is 5.32 Å². The maximum Gasteiger partial charge on any atom is 0.267 e. The Bertz CT molecular complexity index is 607. The summed E-state index contributed by atoms with van der Waals surface area (Å²) in [6.45, 7) is 1.80. The number of hydrogen-bond acceptors (Lipinski definition) is 4. The van der Waals surface area contributed by atoms with E-state index in [1.54, 1.807) is 36.7 Å². The zero-order valence-electron chi connectivity index (χ0n) is 9.64. The third-order valence-electron chi connectivity index (χ3n) is 2.36. The fourth-order valence-corrected chi connectivity index (χ4v) is 2.28. The lowest BCUT2D eigenvalue weighted by Gasteiger charge is -2.06. The molecule has 0 saturated heterocycles. The van der Waals surface area contributed by atoms with E-state index in [-0.39, 0.29) is 5.91 Å². The molecule has 0 aliphatic rings. The van der Waals surface area contributed by atoms with E-state index in [0.717, 1.165) is 11.3 Å². The quantitative estimate of drug-likeness (QED) is 0.845. The lowest BCUT2D eigenvalue weighted by Crippen LogP contribution is -2.13. The fraction of sp³-hybridized carbons (Fsp3) is 0.0833. The molecule has 18 heavy (non-hydrogen) atoms. The van der Waals surface area contributed by atoms with Crippen LogP contribution in [0.1, 0.15) is 20.9 Å². The Morgan fingerprint density at radius 2 is 2.28 bits per heavy atom. The second kappa shape index (κ2) is 5.24. The highest BCUT2D eigenvalue weighted by molar-refractivity contribution is 7.80. The highest BCUT2D eigenvalue weighted by Gasteiger charge is 2.11. The number of nitrogens with two attached hydrogens (primary N) is 1. The lowest BCUT2D eigenvalue weighted by molar-refractivity contribution is 0.103. The number of thiocarbonyl (C=S) groups is 1. The summed E-state index contributed by atoms with van der Waals surface area (Å²) in [4.78, 5) is 16.9. The predicted molar refractivity (Wildman–Crippen MR) is 77.1 cm³/mol. The summed E-state index contributed by atoms with van der Waals surface area (Å²) >= 11 is 6.21. The maximum atomic E-state index is 12.0. The van der Waals surface area contributed by atoms with Crippen molar-refractivity contribution in [3.63, 3.8) is 0 Å². The van der Waals surface area contributed by atoms with Crippen LogP contribution in [0.15, 0.2) is 29.8 Å². The molecule has 3 N–H and O–H groups in total. The van der Waals surface area contributed by atoms with Crippen LogP contribution in [-0.4, -0.2) is 15.9 Å². The molecule has 0 atom stereocenters. The van der Waals surface area contributed by atoms with Crippen LogP contribution in [0.4, 0.5) is 5.69 Å². The molecule has 1 heterocycles. The number of carbonyl (C=O) groups is 1. The third-order valence-corrected chi connectivity index (χ3v) is 3.52. The van der Waals surface area contributed by atoms with Gasteiger partial charge in [0.1, 0.15) is 9.87 Å². The molecule has 0 unspecified atom stereocenters. The van der Waals surface area contributed by atoms with Gasteiger partial charge in [0.2, 0.25) is 0 Å². The Morgan fingerprint density at radius 3 is 2.89 bits per heavy atom. The van der Waals surface area contributed by atoms with Gasteiger partial charge in [-0.2, -0.15) is 0 Å². The van der Waals surface area contributed by atoms with Crippen molar-refractivity contribution < 1.29 is 4.79 Å². The van der Waals surface area contributed by atoms with E-state index in [1.807, 2.05) is 0 Å². The number of thiazole rings is 1. The van der Waals surface area contributed by atoms with Crippen molar-refractivity contribution in [1.29, 1.82) is 0 Å². The molecule has 2 aromatic rings. The second-order valence-electron chi connectivity index (χ2n) is 3.67. The van der Waals surface area contributed by atoms with Gasteiger partial charge in [0.25, 0.3) is 5.91 Å². The SMILES string of the molecule is Cc1ncsc1C(=O)Nc1cccc(C(N)=S)c1. The number of nitrogens with zero attached hydrogens (tertiary/aromatic N) is 1. The molecule has 92 valence electrons. The number of amides is 1. The molecule has 2 rings (SSSR count). The zero-order valence-corrected chi connectivity index (χ0v) is 11.3. The minimum Gasteiger partial charge on any atom is -0.389 e. The Hall–Kier alpha value is -1.79. The topological polar surface area (TPSA) is 68.0 Å². The molecular formula is C12H11N3OS2. The molecule has 0 fully saturated rings. The van der Waals surface area contributed by atoms with Crippen LogP contribution in [0.25, 0.3) is 0 Å². The van der Waals surface area contributed by atoms with Crippen LogP contribution in [0.3, 0.4) is 0 Å². The summed E-state index contributed by atoms with van der Waals surface area (Å²) in [5, 5.41) is 2.80. The highest BCUT2D eigenvalue weighted by atomic mass is 32.1. The first kappa shape index (κ1) is 12.7. The molecule has 0 bridgehead atoms. The molecule has 0 saturated carbocycles. The summed E-state index contributed by atoms with van der Waals surface area (Å²) in [5.74, 6) is -0.171. The molecule has 4 nitrogen and oxygen atoms in total. The van der Waals surface area contributed by atoms with E-state index >= 15 is 0 Å². The molecule has 0 aliphatic heterocycles. The second-order valence-corrected chi connectivity index (χ2v) is 4.96. The van der Waals surface area contributed by atoms with Crippen molar-refractivity contribution in [2.24, 2.45) is 5.73 Å². The van der Waals surface area contributed by atoms with E-state index < -0.39 is 0 Å². The van der Waals surface area contributed by atoms with Gasteiger partial charge in [-0.3, -0.25) is 4.79 Å². The van der Waals surface area contributed by atoms with E-state index in [1.165, 1.54) is 11.3 Å². The Labute approximate surface area is 114 Å². The summed E-state index contributed by atoms with van der Waals surface area (Å²) in [5.41, 5.74) is 9.31. The van der Waals surface area contributed by atoms with Gasteiger partial charge in [-0.1, -0.05) is 24.4 Å². The normalized spacial score (nSPS) is 10.1. The van der Waals surface area contributed by atoms with Crippen molar-refractivity contribution in [3.8, 4) is 0 Å². The number of benzene rings is 1. The first-order valence-electron chi connectivity index (χ1n) is 5.19. The summed E-state index contributed by atoms with van der Waals surface area (Å²) in [6, 6.07) is 7.13. The Balaban J connectivity index is 2.20. The van der Waals surface area contributed by atoms with Gasteiger partial charge < -0.3 is 11.1 Å². The first-order chi connectivity index (χ1) is 8.58. The number of anilines is 1. The number of aromatic nitrogens is 1. The third kappa shape index (κ3) is 2.72. The summed E-state index contributed by atoms with van der Waals surface area (Å²) in [6.07, 6.45) is 0. The zero-order chi connectivity index (χ0) is 13.1. The molecule has 6 heteroatoms. The van der Waals surface area contributed by atoms with Crippen LogP contribution in [0.5, 0.6) is 0 Å². The standard InChI is InChI=1S/C12H11N3OS2/c1-7-10(18-6-14-7)12(16)15-9-4-2-3-8(5-9)11(13)17/h2-6H,1H3,(H2,13,17)(H,15,16). The molecule has 1 aromatic heterocycles. The fourth-order valence-electron chi connectivity index (χ4n) is 1.46. The van der Waals surface area contributed by atoms with E-state index in [2.05, 4.69) is 10.3 Å². The van der Waals surface area contributed by atoms with E-state index in [4.69, 9.17) is 18.0 Å². The van der Waals surface area contributed by atoms with E-state index in [9.17, 15) is 4.79 Å². The minimum absolute atomic E-state index is 0.171. The maximum absolute atomic E-state index is 12.0. The summed E-state index contributed by atoms with van der Waals surface area (Å²) < 4.78 is 0. The number of aryl methyl sites for hydroxylation is 1. The molecular weight excluding hydrogens is 266 g/mol. The van der Waals surface area contributed by atoms with Crippen LogP contribution in [-0.2, 0) is 0 Å². The van der Waals surface area contributed by atoms with Crippen LogP contribution >= 0.6 is 23.6 Å². The van der Waals surface area contributed by atoms with Crippen molar-refractivity contribution in [1.82, 2.24) is 4.98 Å². The van der Waals surface area contributed by atoms with Crippen molar-refractivity contribution in [2.45, 2.75) is 6.92 Å². The molecule has 0 radical (unpaired) electrons. The monoisotopic (exact) mass is 277 g/mol. The molecule has 0 aliphatic carbocycles. The van der Waals surface area contributed by atoms with Gasteiger partial charge in [-0.25, -0.2) is 4.98 Å². The molecule has 1 amide bonds. The van der Waals surface area contributed by atoms with Gasteiger partial charge in [0.15, 0.2) is 0 Å². The number of rotatable bonds is 3. The average Bonchev–Trinajstić information content (AvgIpc) is 2.76. The number of nitrogens with one attached hydrogen (secondary N) is 1. The van der Waals surface area contributed by atoms with Gasteiger partial charge in [0.05, 0.1) is 11.2 Å². The smallest absolute Gasteiger partial charge is 0.267 e. The van der Waals surface area contributed by atoms with Gasteiger partial charge in [-0.05, 0) is 19.1 Å². The molecule has 0 spiro atoms. The number of hydrogen-bond donors (Lipinski definition) is 2. The first-order valence-corrected chi connectivity index (χ1v) is 6.48.